The highest BCUT2D eigenvalue weighted by atomic mass is 32.2. The van der Waals surface area contributed by atoms with Gasteiger partial charge in [-0.1, -0.05) is 11.3 Å². The molecule has 8 heteroatoms. The van der Waals surface area contributed by atoms with Crippen LogP contribution in [-0.2, 0) is 9.84 Å². The number of amides is 1. The fraction of sp³-hybridized carbons (Fsp3) is 0.417. The lowest BCUT2D eigenvalue weighted by Gasteiger charge is -2.14. The summed E-state index contributed by atoms with van der Waals surface area (Å²) in [6.45, 7) is 0.709. The molecule has 3 rings (SSSR count). The molecule has 0 radical (unpaired) electrons. The predicted molar refractivity (Wildman–Crippen MR) is 76.6 cm³/mol. The molecule has 2 aromatic rings. The topological polar surface area (TPSA) is 80.2 Å². The highest BCUT2D eigenvalue weighted by molar-refractivity contribution is 7.91. The summed E-state index contributed by atoms with van der Waals surface area (Å²) in [5.41, 5.74) is 0.694. The first-order valence-electron chi connectivity index (χ1n) is 6.15. The van der Waals surface area contributed by atoms with Crippen LogP contribution in [0.2, 0.25) is 0 Å². The third kappa shape index (κ3) is 2.40. The molecule has 1 fully saturated rings. The molecule has 0 spiro atoms. The Labute approximate surface area is 120 Å². The van der Waals surface area contributed by atoms with Crippen LogP contribution in [0.5, 0.6) is 0 Å². The Morgan fingerprint density at radius 1 is 1.50 bits per heavy atom. The monoisotopic (exact) mass is 311 g/mol. The van der Waals surface area contributed by atoms with E-state index in [2.05, 4.69) is 9.97 Å². The number of aromatic nitrogens is 2. The third-order valence-corrected chi connectivity index (χ3v) is 5.95. The lowest BCUT2D eigenvalue weighted by molar-refractivity contribution is 0.0793. The number of carbonyl (C=O) groups excluding carboxylic acids is 1. The second-order valence-corrected chi connectivity index (χ2v) is 8.14. The highest BCUT2D eigenvalue weighted by Gasteiger charge is 2.33. The zero-order valence-electron chi connectivity index (χ0n) is 10.8. The molecule has 106 valence electrons. The summed E-state index contributed by atoms with van der Waals surface area (Å²) in [7, 11) is -3.10. The van der Waals surface area contributed by atoms with Crippen LogP contribution >= 0.6 is 11.3 Å². The van der Waals surface area contributed by atoms with E-state index in [-0.39, 0.29) is 12.5 Å². The van der Waals surface area contributed by atoms with E-state index in [4.69, 9.17) is 0 Å². The Morgan fingerprint density at radius 3 is 2.95 bits per heavy atom. The number of thiazole rings is 1. The Hall–Kier alpha value is -1.54. The molecule has 20 heavy (non-hydrogen) atoms. The molecule has 3 heterocycles. The van der Waals surface area contributed by atoms with E-state index in [9.17, 15) is 13.2 Å². The van der Waals surface area contributed by atoms with Crippen molar-refractivity contribution in [2.45, 2.75) is 11.7 Å². The first kappa shape index (κ1) is 13.4. The summed E-state index contributed by atoms with van der Waals surface area (Å²) in [4.78, 5) is 23.0. The van der Waals surface area contributed by atoms with Gasteiger partial charge in [0.2, 0.25) is 0 Å². The van der Waals surface area contributed by atoms with E-state index in [1.807, 2.05) is 0 Å². The molecular formula is C12H13N3O3S2. The van der Waals surface area contributed by atoms with Gasteiger partial charge in [-0.05, 0) is 18.6 Å². The standard InChI is InChI=1S/C12H13N3O3S2/c1-20(17,18)8-4-6-15(7-8)12(16)11-14-9-3-2-5-13-10(9)19-11/h2-3,5,8H,4,6-7H2,1H3. The zero-order valence-corrected chi connectivity index (χ0v) is 12.4. The molecule has 6 nitrogen and oxygen atoms in total. The number of hydrogen-bond acceptors (Lipinski definition) is 6. The van der Waals surface area contributed by atoms with E-state index in [0.29, 0.717) is 23.5 Å². The van der Waals surface area contributed by atoms with Gasteiger partial charge in [0.15, 0.2) is 14.8 Å². The van der Waals surface area contributed by atoms with Gasteiger partial charge in [-0.15, -0.1) is 0 Å². The number of carbonyl (C=O) groups is 1. The van der Waals surface area contributed by atoms with Gasteiger partial charge in [0.25, 0.3) is 5.91 Å². The van der Waals surface area contributed by atoms with Crippen molar-refractivity contribution in [1.82, 2.24) is 14.9 Å². The zero-order chi connectivity index (χ0) is 14.3. The maximum Gasteiger partial charge on any atom is 0.282 e. The lowest BCUT2D eigenvalue weighted by atomic mass is 10.4. The Balaban J connectivity index is 1.83. The summed E-state index contributed by atoms with van der Waals surface area (Å²) >= 11 is 1.24. The Morgan fingerprint density at radius 2 is 2.30 bits per heavy atom. The van der Waals surface area contributed by atoms with Crippen molar-refractivity contribution < 1.29 is 13.2 Å². The predicted octanol–water partition coefficient (Wildman–Crippen LogP) is 0.950. The van der Waals surface area contributed by atoms with E-state index in [1.165, 1.54) is 17.6 Å². The van der Waals surface area contributed by atoms with Gasteiger partial charge in [0.05, 0.1) is 5.25 Å². The van der Waals surface area contributed by atoms with Gasteiger partial charge in [0.1, 0.15) is 10.3 Å². The summed E-state index contributed by atoms with van der Waals surface area (Å²) < 4.78 is 23.0. The SMILES string of the molecule is CS(=O)(=O)C1CCN(C(=O)c2nc3cccnc3s2)C1. The van der Waals surface area contributed by atoms with Crippen LogP contribution in [0.1, 0.15) is 16.2 Å². The molecule has 1 saturated heterocycles. The largest absolute Gasteiger partial charge is 0.335 e. The van der Waals surface area contributed by atoms with Crippen LogP contribution in [0.3, 0.4) is 0 Å². The van der Waals surface area contributed by atoms with Crippen LogP contribution in [0.15, 0.2) is 18.3 Å². The molecule has 1 atom stereocenters. The second kappa shape index (κ2) is 4.78. The number of pyridine rings is 1. The van der Waals surface area contributed by atoms with Gasteiger partial charge in [0, 0.05) is 25.5 Å². The molecule has 0 bridgehead atoms. The van der Waals surface area contributed by atoms with Crippen LogP contribution in [0, 0.1) is 0 Å². The molecule has 0 aliphatic carbocycles. The second-order valence-electron chi connectivity index (χ2n) is 4.84. The van der Waals surface area contributed by atoms with Crippen molar-refractivity contribution >= 4 is 37.4 Å². The van der Waals surface area contributed by atoms with E-state index in [0.717, 1.165) is 4.83 Å². The molecule has 0 saturated carbocycles. The average Bonchev–Trinajstić information content (AvgIpc) is 3.04. The average molecular weight is 311 g/mol. The van der Waals surface area contributed by atoms with Crippen molar-refractivity contribution in [3.8, 4) is 0 Å². The number of nitrogens with zero attached hydrogens (tertiary/aromatic N) is 3. The van der Waals surface area contributed by atoms with Crippen molar-refractivity contribution in [1.29, 1.82) is 0 Å². The minimum absolute atomic E-state index is 0.209. The van der Waals surface area contributed by atoms with Crippen molar-refractivity contribution in [2.24, 2.45) is 0 Å². The lowest BCUT2D eigenvalue weighted by Crippen LogP contribution is -2.31. The number of rotatable bonds is 2. The number of sulfone groups is 1. The van der Waals surface area contributed by atoms with Crippen LogP contribution in [-0.4, -0.2) is 53.8 Å². The minimum Gasteiger partial charge on any atom is -0.335 e. The highest BCUT2D eigenvalue weighted by Crippen LogP contribution is 2.23. The van der Waals surface area contributed by atoms with Gasteiger partial charge in [-0.3, -0.25) is 4.79 Å². The summed E-state index contributed by atoms with van der Waals surface area (Å²) in [6, 6.07) is 3.57. The molecule has 1 unspecified atom stereocenters. The van der Waals surface area contributed by atoms with Crippen LogP contribution < -0.4 is 0 Å². The van der Waals surface area contributed by atoms with Crippen molar-refractivity contribution in [3.05, 3.63) is 23.3 Å². The van der Waals surface area contributed by atoms with Gasteiger partial charge in [-0.25, -0.2) is 18.4 Å². The summed E-state index contributed by atoms with van der Waals surface area (Å²) in [5, 5.41) is -0.0909. The molecule has 1 aliphatic rings. The molecule has 1 amide bonds. The summed E-state index contributed by atoms with van der Waals surface area (Å²) in [5.74, 6) is -0.209. The quantitative estimate of drug-likeness (QED) is 0.825. The number of likely N-dealkylation sites (tertiary alicyclic amines) is 1. The van der Waals surface area contributed by atoms with E-state index < -0.39 is 15.1 Å². The van der Waals surface area contributed by atoms with Crippen molar-refractivity contribution in [2.75, 3.05) is 19.3 Å². The normalized spacial score (nSPS) is 19.6. The maximum atomic E-state index is 12.3. The van der Waals surface area contributed by atoms with Crippen molar-refractivity contribution in [3.63, 3.8) is 0 Å². The van der Waals surface area contributed by atoms with Gasteiger partial charge >= 0.3 is 0 Å². The van der Waals surface area contributed by atoms with E-state index >= 15 is 0 Å². The molecule has 0 N–H and O–H groups in total. The molecule has 0 aromatic carbocycles. The molecule has 1 aliphatic heterocycles. The number of fused-ring (bicyclic) bond motifs is 1. The number of hydrogen-bond donors (Lipinski definition) is 0. The Bertz CT molecular complexity index is 736. The fourth-order valence-electron chi connectivity index (χ4n) is 2.26. The summed E-state index contributed by atoms with van der Waals surface area (Å²) in [6.07, 6.45) is 3.37. The van der Waals surface area contributed by atoms with Crippen LogP contribution in [0.25, 0.3) is 10.3 Å². The fourth-order valence-corrected chi connectivity index (χ4v) is 4.12. The third-order valence-electron chi connectivity index (χ3n) is 3.39. The first-order chi connectivity index (χ1) is 9.45. The van der Waals surface area contributed by atoms with Gasteiger partial charge < -0.3 is 4.90 Å². The first-order valence-corrected chi connectivity index (χ1v) is 8.92. The molecule has 2 aromatic heterocycles. The van der Waals surface area contributed by atoms with Crippen LogP contribution in [0.4, 0.5) is 0 Å². The maximum absolute atomic E-state index is 12.3. The van der Waals surface area contributed by atoms with E-state index in [1.54, 1.807) is 23.2 Å². The Kier molecular flexibility index (Phi) is 3.21. The smallest absolute Gasteiger partial charge is 0.282 e. The van der Waals surface area contributed by atoms with Gasteiger partial charge in [-0.2, -0.15) is 0 Å². The molecular weight excluding hydrogens is 298 g/mol. The minimum atomic E-state index is -3.10.